The van der Waals surface area contributed by atoms with E-state index >= 15 is 0 Å². The van der Waals surface area contributed by atoms with Gasteiger partial charge >= 0.3 is 0 Å². The molecule has 1 aromatic carbocycles. The van der Waals surface area contributed by atoms with Gasteiger partial charge in [0.25, 0.3) is 11.1 Å². The topological polar surface area (TPSA) is 88.4 Å². The summed E-state index contributed by atoms with van der Waals surface area (Å²) in [6.07, 6.45) is 4.96. The average Bonchev–Trinajstić information content (AvgIpc) is 3.13. The Labute approximate surface area is 151 Å². The molecular weight excluding hydrogens is 362 g/mol. The number of fused-ring (bicyclic) bond motifs is 1. The molecule has 1 aliphatic heterocycles. The number of rotatable bonds is 3. The van der Waals surface area contributed by atoms with Crippen LogP contribution in [-0.4, -0.2) is 25.7 Å². The van der Waals surface area contributed by atoms with Crippen LogP contribution in [0.5, 0.6) is 0 Å². The van der Waals surface area contributed by atoms with Gasteiger partial charge in [-0.2, -0.15) is 5.10 Å². The van der Waals surface area contributed by atoms with Crippen molar-refractivity contribution in [2.45, 2.75) is 0 Å². The Hall–Kier alpha value is -2.84. The number of aromatic nitrogens is 3. The lowest BCUT2D eigenvalue weighted by molar-refractivity contribution is -0.115. The van der Waals surface area contributed by atoms with Crippen LogP contribution >= 0.6 is 23.4 Å². The second-order valence-electron chi connectivity index (χ2n) is 5.16. The first-order chi connectivity index (χ1) is 12.1. The van der Waals surface area contributed by atoms with Crippen molar-refractivity contribution in [1.82, 2.24) is 19.9 Å². The SMILES string of the molecule is O=C1NC(=O)C(=Cc2cnn3ccc(Nc4ccc(Cl)cc4)nc23)S1. The summed E-state index contributed by atoms with van der Waals surface area (Å²) in [6, 6.07) is 9.04. The Balaban J connectivity index is 1.68. The number of carbonyl (C=O) groups is 2. The Bertz CT molecular complexity index is 1030. The molecule has 2 amide bonds. The fourth-order valence-electron chi connectivity index (χ4n) is 2.30. The van der Waals surface area contributed by atoms with Crippen LogP contribution in [0, 0.1) is 0 Å². The number of amides is 2. The normalized spacial score (nSPS) is 15.8. The van der Waals surface area contributed by atoms with Crippen LogP contribution in [0.3, 0.4) is 0 Å². The zero-order chi connectivity index (χ0) is 17.4. The van der Waals surface area contributed by atoms with Gasteiger partial charge in [-0.15, -0.1) is 0 Å². The van der Waals surface area contributed by atoms with Gasteiger partial charge in [0.05, 0.1) is 11.1 Å². The van der Waals surface area contributed by atoms with Gasteiger partial charge in [0.15, 0.2) is 5.65 Å². The molecule has 0 aliphatic carbocycles. The first-order valence-electron chi connectivity index (χ1n) is 7.20. The van der Waals surface area contributed by atoms with E-state index in [4.69, 9.17) is 11.6 Å². The smallest absolute Gasteiger partial charge is 0.290 e. The van der Waals surface area contributed by atoms with Crippen LogP contribution < -0.4 is 10.6 Å². The molecule has 0 saturated carbocycles. The molecule has 0 radical (unpaired) electrons. The molecule has 7 nitrogen and oxygen atoms in total. The molecule has 1 aliphatic rings. The maximum absolute atomic E-state index is 11.7. The van der Waals surface area contributed by atoms with Gasteiger partial charge in [-0.05, 0) is 48.2 Å². The number of nitrogens with one attached hydrogen (secondary N) is 2. The van der Waals surface area contributed by atoms with E-state index in [9.17, 15) is 9.59 Å². The van der Waals surface area contributed by atoms with Crippen LogP contribution in [0.1, 0.15) is 5.56 Å². The Morgan fingerprint density at radius 1 is 1.20 bits per heavy atom. The number of anilines is 2. The Morgan fingerprint density at radius 3 is 2.72 bits per heavy atom. The standard InChI is InChI=1S/C16H10ClN5O2S/c17-10-1-3-11(4-2-10)19-13-5-6-22-14(20-13)9(8-18-22)7-12-15(23)21-16(24)25-12/h1-8H,(H,19,20)(H,21,23,24). The van der Waals surface area contributed by atoms with Crippen molar-refractivity contribution in [3.63, 3.8) is 0 Å². The van der Waals surface area contributed by atoms with E-state index in [2.05, 4.69) is 20.7 Å². The molecule has 1 saturated heterocycles. The average molecular weight is 372 g/mol. The molecule has 1 fully saturated rings. The van der Waals surface area contributed by atoms with Crippen molar-refractivity contribution in [1.29, 1.82) is 0 Å². The minimum absolute atomic E-state index is 0.317. The molecule has 3 aromatic rings. The summed E-state index contributed by atoms with van der Waals surface area (Å²) >= 11 is 6.74. The Kier molecular flexibility index (Phi) is 3.90. The summed E-state index contributed by atoms with van der Waals surface area (Å²) in [7, 11) is 0. The summed E-state index contributed by atoms with van der Waals surface area (Å²) in [5.74, 6) is 0.208. The van der Waals surface area contributed by atoms with Gasteiger partial charge in [0, 0.05) is 22.5 Å². The van der Waals surface area contributed by atoms with Gasteiger partial charge in [-0.25, -0.2) is 9.50 Å². The number of carbonyl (C=O) groups excluding carboxylic acids is 2. The molecule has 4 rings (SSSR count). The van der Waals surface area contributed by atoms with Gasteiger partial charge in [0.1, 0.15) is 5.82 Å². The minimum atomic E-state index is -0.412. The summed E-state index contributed by atoms with van der Waals surface area (Å²) in [4.78, 5) is 27.8. The van der Waals surface area contributed by atoms with E-state index in [1.165, 1.54) is 0 Å². The molecule has 25 heavy (non-hydrogen) atoms. The predicted molar refractivity (Wildman–Crippen MR) is 96.8 cm³/mol. The number of thioether (sulfide) groups is 1. The van der Waals surface area contributed by atoms with E-state index in [-0.39, 0.29) is 5.24 Å². The van der Waals surface area contributed by atoms with Crippen molar-refractivity contribution >= 4 is 57.7 Å². The van der Waals surface area contributed by atoms with Crippen LogP contribution in [0.2, 0.25) is 5.02 Å². The van der Waals surface area contributed by atoms with Gasteiger partial charge in [-0.1, -0.05) is 11.6 Å². The predicted octanol–water partition coefficient (Wildman–Crippen LogP) is 3.45. The molecule has 124 valence electrons. The summed E-state index contributed by atoms with van der Waals surface area (Å²) in [6.45, 7) is 0. The van der Waals surface area contributed by atoms with Crippen LogP contribution in [0.4, 0.5) is 16.3 Å². The van der Waals surface area contributed by atoms with Crippen molar-refractivity contribution in [2.75, 3.05) is 5.32 Å². The van der Waals surface area contributed by atoms with Gasteiger partial charge in [0.2, 0.25) is 0 Å². The van der Waals surface area contributed by atoms with Gasteiger partial charge < -0.3 is 5.32 Å². The largest absolute Gasteiger partial charge is 0.340 e. The van der Waals surface area contributed by atoms with E-state index in [0.717, 1.165) is 17.4 Å². The first kappa shape index (κ1) is 15.7. The number of imide groups is 1. The molecule has 0 atom stereocenters. The summed E-state index contributed by atoms with van der Waals surface area (Å²) in [5.41, 5.74) is 2.06. The fourth-order valence-corrected chi connectivity index (χ4v) is 3.10. The third kappa shape index (κ3) is 3.21. The van der Waals surface area contributed by atoms with E-state index in [0.29, 0.717) is 27.0 Å². The lowest BCUT2D eigenvalue weighted by Gasteiger charge is -2.06. The van der Waals surface area contributed by atoms with Crippen molar-refractivity contribution in [3.05, 3.63) is 58.2 Å². The third-order valence-corrected chi connectivity index (χ3v) is 4.50. The van der Waals surface area contributed by atoms with Gasteiger partial charge in [-0.3, -0.25) is 14.9 Å². The number of benzene rings is 1. The van der Waals surface area contributed by atoms with Crippen molar-refractivity contribution in [2.24, 2.45) is 0 Å². The highest BCUT2D eigenvalue weighted by Gasteiger charge is 2.25. The number of hydrogen-bond acceptors (Lipinski definition) is 6. The third-order valence-electron chi connectivity index (χ3n) is 3.44. The second-order valence-corrected chi connectivity index (χ2v) is 6.62. The maximum Gasteiger partial charge on any atom is 0.290 e. The molecule has 2 aromatic heterocycles. The molecule has 0 unspecified atom stereocenters. The minimum Gasteiger partial charge on any atom is -0.340 e. The van der Waals surface area contributed by atoms with Crippen LogP contribution in [0.25, 0.3) is 11.7 Å². The lowest BCUT2D eigenvalue weighted by Crippen LogP contribution is -2.17. The highest BCUT2D eigenvalue weighted by atomic mass is 35.5. The summed E-state index contributed by atoms with van der Waals surface area (Å²) < 4.78 is 1.60. The maximum atomic E-state index is 11.7. The fraction of sp³-hybridized carbons (Fsp3) is 0. The molecule has 2 N–H and O–H groups in total. The van der Waals surface area contributed by atoms with Crippen molar-refractivity contribution < 1.29 is 9.59 Å². The first-order valence-corrected chi connectivity index (χ1v) is 8.40. The molecule has 3 heterocycles. The van der Waals surface area contributed by atoms with Crippen LogP contribution in [-0.2, 0) is 4.79 Å². The zero-order valence-electron chi connectivity index (χ0n) is 12.6. The Morgan fingerprint density at radius 2 is 2.00 bits per heavy atom. The summed E-state index contributed by atoms with van der Waals surface area (Å²) in [5, 5.41) is 9.87. The highest BCUT2D eigenvalue weighted by Crippen LogP contribution is 2.27. The molecule has 9 heteroatoms. The molecule has 0 spiro atoms. The number of hydrogen-bond donors (Lipinski definition) is 2. The monoisotopic (exact) mass is 371 g/mol. The van der Waals surface area contributed by atoms with E-state index in [1.807, 2.05) is 12.1 Å². The molecule has 0 bridgehead atoms. The zero-order valence-corrected chi connectivity index (χ0v) is 14.1. The number of nitrogens with zero attached hydrogens (tertiary/aromatic N) is 3. The van der Waals surface area contributed by atoms with Crippen LogP contribution in [0.15, 0.2) is 47.6 Å². The van der Waals surface area contributed by atoms with Crippen molar-refractivity contribution in [3.8, 4) is 0 Å². The molecular formula is C16H10ClN5O2S. The van der Waals surface area contributed by atoms with E-state index in [1.54, 1.807) is 41.2 Å². The lowest BCUT2D eigenvalue weighted by atomic mass is 10.3. The second kappa shape index (κ2) is 6.23. The number of halogens is 1. The highest BCUT2D eigenvalue weighted by molar-refractivity contribution is 8.18. The van der Waals surface area contributed by atoms with E-state index < -0.39 is 5.91 Å². The quantitative estimate of drug-likeness (QED) is 0.685.